The summed E-state index contributed by atoms with van der Waals surface area (Å²) < 4.78 is 32.1. The van der Waals surface area contributed by atoms with Gasteiger partial charge in [0.15, 0.2) is 17.0 Å². The van der Waals surface area contributed by atoms with E-state index in [1.54, 1.807) is 56.6 Å². The van der Waals surface area contributed by atoms with Gasteiger partial charge < -0.3 is 35.6 Å². The molecule has 0 saturated heterocycles. The van der Waals surface area contributed by atoms with E-state index in [0.717, 1.165) is 110 Å². The number of imidazole rings is 3. The molecular formula is C57H58Cl2FN13O2S. The first-order valence-electron chi connectivity index (χ1n) is 24.7. The first-order chi connectivity index (χ1) is 36.6. The Morgan fingerprint density at radius 1 is 0.763 bits per heavy atom. The van der Waals surface area contributed by atoms with Crippen LogP contribution in [0.2, 0.25) is 5.02 Å². The lowest BCUT2D eigenvalue weighted by Crippen LogP contribution is -2.43. The van der Waals surface area contributed by atoms with E-state index in [-0.39, 0.29) is 30.3 Å². The number of aromatic nitrogens is 10. The van der Waals surface area contributed by atoms with Crippen molar-refractivity contribution in [3.63, 3.8) is 0 Å². The minimum atomic E-state index is -1.03. The molecule has 390 valence electrons. The van der Waals surface area contributed by atoms with Gasteiger partial charge in [0.25, 0.3) is 0 Å². The van der Waals surface area contributed by atoms with Crippen molar-refractivity contribution in [1.29, 1.82) is 0 Å². The zero-order chi connectivity index (χ0) is 52.3. The number of rotatable bonds is 13. The van der Waals surface area contributed by atoms with Crippen molar-refractivity contribution < 1.29 is 13.3 Å². The summed E-state index contributed by atoms with van der Waals surface area (Å²) in [5.74, 6) is 3.35. The molecule has 0 spiro atoms. The van der Waals surface area contributed by atoms with Gasteiger partial charge in [0.2, 0.25) is 5.95 Å². The molecule has 1 fully saturated rings. The van der Waals surface area contributed by atoms with Crippen molar-refractivity contribution in [3.8, 4) is 62.3 Å². The van der Waals surface area contributed by atoms with E-state index in [9.17, 15) is 8.60 Å². The second-order valence-electron chi connectivity index (χ2n) is 17.7. The van der Waals surface area contributed by atoms with E-state index >= 15 is 0 Å². The normalized spacial score (nSPS) is 14.3. The smallest absolute Gasteiger partial charge is 0.227 e. The number of H-pyrrole nitrogens is 2. The molecule has 0 aliphatic heterocycles. The van der Waals surface area contributed by atoms with Gasteiger partial charge in [0, 0.05) is 110 Å². The average molecular weight is 1080 g/mol. The topological polar surface area (TPSA) is 203 Å². The Morgan fingerprint density at radius 3 is 2.01 bits per heavy atom. The molecule has 1 saturated carbocycles. The Kier molecular flexibility index (Phi) is 18.3. The van der Waals surface area contributed by atoms with Gasteiger partial charge >= 0.3 is 0 Å². The molecule has 0 radical (unpaired) electrons. The maximum absolute atomic E-state index is 13.3. The third-order valence-electron chi connectivity index (χ3n) is 12.7. The number of fused-ring (bicyclic) bond motifs is 1. The number of methoxy groups -OCH3 is 1. The molecule has 0 amide bonds. The fraction of sp³-hybridized carbons (Fsp3) is 0.211. The number of hydrogen-bond donors (Lipinski definition) is 5. The number of hydrogen-bond acceptors (Lipinski definition) is 12. The Bertz CT molecular complexity index is 3490. The van der Waals surface area contributed by atoms with Gasteiger partial charge in [-0.2, -0.15) is 9.97 Å². The van der Waals surface area contributed by atoms with Crippen molar-refractivity contribution in [3.05, 3.63) is 169 Å². The SMILES string of the molecule is CCc1[nH]c(-c2ccc(OC)cc2)nc1-c1ccncc1.CCn1cnc2c(Nc3cccc(Cl)c3)nc(N[C@@H]3CCCC[C@@H]3N)nc21.CS(=O)c1ccc(-c2nc(-c3ccc(F)cc3)c(-c3ccncc3)[nH]2)cc1.Cl. The largest absolute Gasteiger partial charge is 0.497 e. The highest BCUT2D eigenvalue weighted by Gasteiger charge is 2.24. The fourth-order valence-electron chi connectivity index (χ4n) is 8.69. The van der Waals surface area contributed by atoms with Crippen molar-refractivity contribution in [2.75, 3.05) is 24.0 Å². The van der Waals surface area contributed by atoms with Gasteiger partial charge in [-0.3, -0.25) is 14.2 Å². The van der Waals surface area contributed by atoms with Crippen LogP contribution in [-0.4, -0.2) is 79.1 Å². The number of nitrogens with two attached hydrogens (primary N) is 1. The Hall–Kier alpha value is -7.83. The molecule has 1 unspecified atom stereocenters. The van der Waals surface area contributed by atoms with Crippen LogP contribution in [0.1, 0.15) is 45.2 Å². The number of ether oxygens (including phenoxy) is 1. The quantitative estimate of drug-likeness (QED) is 0.0732. The Balaban J connectivity index is 0.000000151. The lowest BCUT2D eigenvalue weighted by molar-refractivity contribution is 0.402. The standard InChI is InChI=1S/C21H16FN3OS.C19H24ClN7.C17H17N3O.ClH/c1-27(26)18-8-4-16(5-9-18)21-24-19(14-2-6-17(22)7-3-14)20(25-21)15-10-12-23-13-11-15;1-2-27-11-22-16-17(23-13-7-5-6-12(20)10-13)25-19(26-18(16)27)24-15-9-4-3-8-14(15)21;1-3-15-16(12-8-10-18-11-9-12)20-17(19-15)13-4-6-14(21-2)7-5-13;/h2-13H,1H3,(H,24,25);5-7,10-11,14-15H,2-4,8-9,21H2,1H3,(H2,23,24,25,26);4-11H,3H2,1-2H3,(H,19,20);1H/t;14-,15+;;/m.0../s1. The molecule has 76 heavy (non-hydrogen) atoms. The molecule has 4 aromatic carbocycles. The van der Waals surface area contributed by atoms with Crippen molar-refractivity contribution in [2.24, 2.45) is 5.73 Å². The van der Waals surface area contributed by atoms with Gasteiger partial charge in [-0.25, -0.2) is 19.3 Å². The molecule has 1 aliphatic carbocycles. The van der Waals surface area contributed by atoms with E-state index in [2.05, 4.69) is 49.4 Å². The predicted molar refractivity (Wildman–Crippen MR) is 305 cm³/mol. The minimum absolute atomic E-state index is 0. The minimum Gasteiger partial charge on any atom is -0.497 e. The van der Waals surface area contributed by atoms with Crippen LogP contribution in [0, 0.1) is 5.82 Å². The number of aromatic amines is 2. The molecule has 1 aliphatic rings. The number of anilines is 3. The number of nitrogens with zero attached hydrogens (tertiary/aromatic N) is 8. The summed E-state index contributed by atoms with van der Waals surface area (Å²) in [5, 5.41) is 7.44. The van der Waals surface area contributed by atoms with Crippen molar-refractivity contribution in [2.45, 2.75) is 69.5 Å². The third-order valence-corrected chi connectivity index (χ3v) is 13.9. The van der Waals surface area contributed by atoms with Crippen LogP contribution in [0.3, 0.4) is 0 Å². The number of aryl methyl sites for hydroxylation is 2. The highest BCUT2D eigenvalue weighted by Crippen LogP contribution is 2.34. The molecule has 10 aromatic rings. The Labute approximate surface area is 454 Å². The van der Waals surface area contributed by atoms with E-state index in [1.165, 1.54) is 25.0 Å². The van der Waals surface area contributed by atoms with Crippen LogP contribution in [-0.2, 0) is 23.8 Å². The summed E-state index contributed by atoms with van der Waals surface area (Å²) in [4.78, 5) is 39.1. The van der Waals surface area contributed by atoms with Gasteiger partial charge in [-0.05, 0) is 129 Å². The molecule has 3 atom stereocenters. The lowest BCUT2D eigenvalue weighted by Gasteiger charge is -2.29. The van der Waals surface area contributed by atoms with E-state index < -0.39 is 10.8 Å². The second kappa shape index (κ2) is 25.6. The highest BCUT2D eigenvalue weighted by molar-refractivity contribution is 7.84. The van der Waals surface area contributed by atoms with Crippen LogP contribution >= 0.6 is 24.0 Å². The maximum Gasteiger partial charge on any atom is 0.227 e. The predicted octanol–water partition coefficient (Wildman–Crippen LogP) is 12.7. The summed E-state index contributed by atoms with van der Waals surface area (Å²) in [5.41, 5.74) is 17.1. The highest BCUT2D eigenvalue weighted by atomic mass is 35.5. The third kappa shape index (κ3) is 13.2. The summed E-state index contributed by atoms with van der Waals surface area (Å²) in [7, 11) is 0.638. The van der Waals surface area contributed by atoms with Crippen LogP contribution in [0.15, 0.2) is 157 Å². The van der Waals surface area contributed by atoms with Gasteiger partial charge in [0.05, 0.1) is 30.5 Å². The summed E-state index contributed by atoms with van der Waals surface area (Å²) >= 11 is 6.11. The van der Waals surface area contributed by atoms with Crippen LogP contribution in [0.25, 0.3) is 67.7 Å². The number of halogens is 3. The number of pyridine rings is 2. The maximum atomic E-state index is 13.3. The van der Waals surface area contributed by atoms with Gasteiger partial charge in [0.1, 0.15) is 23.2 Å². The first kappa shape index (κ1) is 54.4. The molecule has 0 bridgehead atoms. The van der Waals surface area contributed by atoms with E-state index in [1.807, 2.05) is 102 Å². The Morgan fingerprint density at radius 2 is 1.38 bits per heavy atom. The van der Waals surface area contributed by atoms with E-state index in [4.69, 9.17) is 42.0 Å². The molecule has 6 aromatic heterocycles. The van der Waals surface area contributed by atoms with Crippen molar-refractivity contribution >= 4 is 63.4 Å². The lowest BCUT2D eigenvalue weighted by atomic mass is 9.91. The molecule has 11 rings (SSSR count). The second-order valence-corrected chi connectivity index (χ2v) is 19.5. The molecule has 15 nitrogen and oxygen atoms in total. The number of benzene rings is 4. The van der Waals surface area contributed by atoms with Crippen LogP contribution < -0.4 is 21.1 Å². The molecule has 19 heteroatoms. The summed E-state index contributed by atoms with van der Waals surface area (Å²) in [6.07, 6.45) is 15.8. The van der Waals surface area contributed by atoms with Crippen LogP contribution in [0.4, 0.5) is 21.8 Å². The van der Waals surface area contributed by atoms with Gasteiger partial charge in [-0.15, -0.1) is 12.4 Å². The van der Waals surface area contributed by atoms with Crippen molar-refractivity contribution in [1.82, 2.24) is 49.4 Å². The monoisotopic (exact) mass is 1080 g/mol. The number of nitrogens with one attached hydrogen (secondary N) is 4. The summed E-state index contributed by atoms with van der Waals surface area (Å²) in [6, 6.07) is 37.2. The molecule has 6 N–H and O–H groups in total. The van der Waals surface area contributed by atoms with E-state index in [0.29, 0.717) is 22.6 Å². The molecular weight excluding hydrogens is 1020 g/mol. The zero-order valence-corrected chi connectivity index (χ0v) is 44.8. The first-order valence-corrected chi connectivity index (χ1v) is 26.6. The fourth-order valence-corrected chi connectivity index (χ4v) is 9.40. The zero-order valence-electron chi connectivity index (χ0n) is 42.4. The molecule has 6 heterocycles. The average Bonchev–Trinajstić information content (AvgIpc) is 4.23. The summed E-state index contributed by atoms with van der Waals surface area (Å²) in [6.45, 7) is 4.97. The van der Waals surface area contributed by atoms with Crippen LogP contribution in [0.5, 0.6) is 5.75 Å². The van der Waals surface area contributed by atoms with Gasteiger partial charge in [-0.1, -0.05) is 49.6 Å².